The van der Waals surface area contributed by atoms with Gasteiger partial charge in [0.25, 0.3) is 11.4 Å². The minimum atomic E-state index is -5.35. The molecule has 2 N–H and O–H groups in total. The van der Waals surface area contributed by atoms with Gasteiger partial charge in [-0.05, 0) is 36.0 Å². The van der Waals surface area contributed by atoms with Crippen molar-refractivity contribution in [3.05, 3.63) is 128 Å². The van der Waals surface area contributed by atoms with Gasteiger partial charge in [0.1, 0.15) is 31.6 Å². The number of hydrogen-bond acceptors (Lipinski definition) is 22. The Morgan fingerprint density at radius 1 is 0.581 bits per heavy atom. The number of carbonyl (C=O) groups is 2. The van der Waals surface area contributed by atoms with E-state index in [9.17, 15) is 76.2 Å². The summed E-state index contributed by atoms with van der Waals surface area (Å²) in [6, 6.07) is 17.6. The zero-order valence-corrected chi connectivity index (χ0v) is 41.4. The van der Waals surface area contributed by atoms with Crippen LogP contribution in [0.3, 0.4) is 0 Å². The molecular weight excluding hydrogens is 937 g/mol. The largest absolute Gasteiger partial charge is 3.00 e. The zero-order chi connectivity index (χ0) is 43.5. The molecule has 0 aliphatic heterocycles. The molecule has 0 fully saturated rings. The van der Waals surface area contributed by atoms with Gasteiger partial charge in [0.2, 0.25) is 0 Å². The van der Waals surface area contributed by atoms with Gasteiger partial charge in [0.15, 0.2) is 11.6 Å². The number of ketones is 2. The SMILES string of the molecule is CC(=O)/C(N=Nc1cc([N+](=O)[O-])cc(S(=O)(=O)[O-])c1[O-])=C(\[O-])Nc1ccccc1.CC(=O)/C(N=Nc1cc([N+](=O)[O-])cc(S(=O)(=O)[O-])c1[O-])=C(\[O-])Nc1ccccc1.[Cr+3].[Na+].[Na+].[Na+]. The molecule has 4 rings (SSSR count). The molecule has 0 heterocycles. The summed E-state index contributed by atoms with van der Waals surface area (Å²) in [5.41, 5.74) is -4.49. The maximum atomic E-state index is 12.2. The van der Waals surface area contributed by atoms with Crippen molar-refractivity contribution in [3.8, 4) is 11.5 Å². The fourth-order valence-electron chi connectivity index (χ4n) is 4.06. The summed E-state index contributed by atoms with van der Waals surface area (Å²) in [5.74, 6) is -6.58. The van der Waals surface area contributed by atoms with Gasteiger partial charge >= 0.3 is 106 Å². The fraction of sp³-hybridized carbons (Fsp3) is 0.0625. The molecular formula is C32H22CrN8Na3O16S2. The number of rotatable bonds is 14. The van der Waals surface area contributed by atoms with Gasteiger partial charge in [-0.2, -0.15) is 10.2 Å². The number of azo groups is 2. The van der Waals surface area contributed by atoms with E-state index in [1.54, 1.807) is 36.4 Å². The van der Waals surface area contributed by atoms with E-state index >= 15 is 0 Å². The number of Topliss-reactive ketones (excluding diaryl/α,β-unsaturated/α-hetero) is 2. The van der Waals surface area contributed by atoms with E-state index in [0.717, 1.165) is 13.8 Å². The summed E-state index contributed by atoms with van der Waals surface area (Å²) in [4.78, 5) is 40.3. The van der Waals surface area contributed by atoms with Gasteiger partial charge in [-0.25, -0.2) is 16.8 Å². The Balaban J connectivity index is 0. The van der Waals surface area contributed by atoms with Crippen molar-refractivity contribution >= 4 is 65.9 Å². The van der Waals surface area contributed by atoms with Gasteiger partial charge in [-0.3, -0.25) is 29.8 Å². The summed E-state index contributed by atoms with van der Waals surface area (Å²) in [6.45, 7) is 1.97. The number of nitrogens with zero attached hydrogens (tertiary/aromatic N) is 6. The molecule has 0 unspecified atom stereocenters. The van der Waals surface area contributed by atoms with Crippen LogP contribution < -0.4 is 120 Å². The molecule has 4 aromatic rings. The van der Waals surface area contributed by atoms with Crippen LogP contribution in [0.4, 0.5) is 34.1 Å². The van der Waals surface area contributed by atoms with Crippen LogP contribution in [0.2, 0.25) is 0 Å². The number of nitro benzene ring substituents is 2. The Bertz CT molecular complexity index is 2460. The standard InChI is InChI=1S/2C16H14N4O8S.Cr.3Na/c2*1-9(21)14(16(23)17-10-5-3-2-4-6-10)19-18-12-7-11(20(24)25)8-13(15(12)22)29(26,27)28;;;;/h2*2-8,17,22-23H,1H3,(H,26,27,28);;;;/q;;+3;3*+1/p-6/b2*16-14+,19-18?;;;;. The van der Waals surface area contributed by atoms with Crippen molar-refractivity contribution in [1.82, 2.24) is 0 Å². The number of benzene rings is 4. The number of allylic oxidation sites excluding steroid dienone is 2. The Labute approximate surface area is 427 Å². The first-order chi connectivity index (χ1) is 27.0. The third-order valence-electron chi connectivity index (χ3n) is 6.68. The first-order valence-corrected chi connectivity index (χ1v) is 18.1. The molecule has 307 valence electrons. The van der Waals surface area contributed by atoms with Gasteiger partial charge in [0.05, 0.1) is 31.0 Å². The van der Waals surface area contributed by atoms with Crippen LogP contribution >= 0.6 is 0 Å². The molecule has 0 spiro atoms. The predicted octanol–water partition coefficient (Wildman–Crippen LogP) is -7.22. The number of non-ortho nitro benzene ring substituents is 2. The first-order valence-electron chi connectivity index (χ1n) is 15.2. The van der Waals surface area contributed by atoms with E-state index in [1.165, 1.54) is 24.3 Å². The van der Waals surface area contributed by atoms with Crippen LogP contribution in [-0.4, -0.2) is 47.4 Å². The van der Waals surface area contributed by atoms with Crippen LogP contribution in [0.1, 0.15) is 13.8 Å². The van der Waals surface area contributed by atoms with Crippen molar-refractivity contribution in [2.75, 3.05) is 10.6 Å². The second-order valence-electron chi connectivity index (χ2n) is 10.9. The zero-order valence-electron chi connectivity index (χ0n) is 32.5. The van der Waals surface area contributed by atoms with Crippen molar-refractivity contribution in [2.24, 2.45) is 20.5 Å². The Kier molecular flexibility index (Phi) is 25.6. The van der Waals surface area contributed by atoms with E-state index in [0.29, 0.717) is 35.6 Å². The summed E-state index contributed by atoms with van der Waals surface area (Å²) >= 11 is 0. The number of hydrogen-bond donors (Lipinski definition) is 2. The first kappa shape index (κ1) is 59.9. The molecule has 0 saturated heterocycles. The maximum Gasteiger partial charge on any atom is 3.00 e. The van der Waals surface area contributed by atoms with Gasteiger partial charge < -0.3 is 40.2 Å². The second kappa shape index (κ2) is 26.5. The summed E-state index contributed by atoms with van der Waals surface area (Å²) in [6.07, 6.45) is 0. The van der Waals surface area contributed by atoms with Gasteiger partial charge in [-0.15, -0.1) is 10.2 Å². The molecule has 30 heteroatoms. The van der Waals surface area contributed by atoms with E-state index in [4.69, 9.17) is 0 Å². The average molecular weight is 960 g/mol. The third-order valence-corrected chi connectivity index (χ3v) is 8.36. The third kappa shape index (κ3) is 17.6. The van der Waals surface area contributed by atoms with E-state index in [1.807, 2.05) is 0 Å². The molecule has 0 aliphatic rings. The van der Waals surface area contributed by atoms with Crippen molar-refractivity contribution < 1.29 is 172 Å². The average Bonchev–Trinajstić information content (AvgIpc) is 3.12. The minimum absolute atomic E-state index is 0. The number of para-hydroxylation sites is 2. The van der Waals surface area contributed by atoms with Crippen LogP contribution in [0, 0.1) is 20.2 Å². The molecule has 0 saturated carbocycles. The van der Waals surface area contributed by atoms with Crippen LogP contribution in [0.5, 0.6) is 11.5 Å². The Morgan fingerprint density at radius 2 is 0.871 bits per heavy atom. The van der Waals surface area contributed by atoms with Crippen LogP contribution in [0.15, 0.2) is 138 Å². The van der Waals surface area contributed by atoms with Gasteiger partial charge in [0, 0.05) is 49.5 Å². The number of nitro groups is 2. The van der Waals surface area contributed by atoms with Crippen molar-refractivity contribution in [3.63, 3.8) is 0 Å². The second-order valence-corrected chi connectivity index (χ2v) is 13.6. The van der Waals surface area contributed by atoms with E-state index < -0.39 is 109 Å². The molecule has 0 bridgehead atoms. The van der Waals surface area contributed by atoms with Crippen LogP contribution in [0.25, 0.3) is 0 Å². The Morgan fingerprint density at radius 3 is 1.11 bits per heavy atom. The van der Waals surface area contributed by atoms with Crippen molar-refractivity contribution in [1.29, 1.82) is 0 Å². The van der Waals surface area contributed by atoms with E-state index in [-0.39, 0.29) is 106 Å². The normalized spacial score (nSPS) is 11.7. The molecule has 62 heavy (non-hydrogen) atoms. The van der Waals surface area contributed by atoms with Gasteiger partial charge in [-0.1, -0.05) is 47.9 Å². The van der Waals surface area contributed by atoms with Crippen molar-refractivity contribution in [2.45, 2.75) is 23.6 Å². The molecule has 4 aromatic carbocycles. The van der Waals surface area contributed by atoms with Crippen LogP contribution in [-0.2, 0) is 47.2 Å². The summed E-state index contributed by atoms with van der Waals surface area (Å²) in [5, 5.41) is 88.4. The maximum absolute atomic E-state index is 12.2. The molecule has 1 radical (unpaired) electrons. The minimum Gasteiger partial charge on any atom is -0.870 e. The Hall–Kier alpha value is -4.15. The molecule has 24 nitrogen and oxygen atoms in total. The molecule has 0 aromatic heterocycles. The fourth-order valence-corrected chi connectivity index (χ4v) is 5.25. The number of carbonyl (C=O) groups excluding carboxylic acids is 2. The number of anilines is 2. The molecule has 0 aliphatic carbocycles. The summed E-state index contributed by atoms with van der Waals surface area (Å²) in [7, 11) is -10.7. The monoisotopic (exact) mass is 959 g/mol. The topological polar surface area (TPSA) is 401 Å². The quantitative estimate of drug-likeness (QED) is 0.0225. The smallest absolute Gasteiger partial charge is 0.870 e. The van der Waals surface area contributed by atoms with E-state index in [2.05, 4.69) is 31.1 Å². The molecule has 0 atom stereocenters. The summed E-state index contributed by atoms with van der Waals surface area (Å²) < 4.78 is 67.0. The number of nitrogens with one attached hydrogen (secondary N) is 2. The molecule has 0 amide bonds. The predicted molar refractivity (Wildman–Crippen MR) is 186 cm³/mol.